The fourth-order valence-corrected chi connectivity index (χ4v) is 3.14. The Balaban J connectivity index is 1.82. The van der Waals surface area contributed by atoms with Crippen LogP contribution in [0, 0.1) is 26.6 Å². The first-order valence-electron chi connectivity index (χ1n) is 8.34. The third kappa shape index (κ3) is 6.24. The Morgan fingerprint density at radius 2 is 2.00 bits per heavy atom. The highest BCUT2D eigenvalue weighted by molar-refractivity contribution is 7.92. The molecule has 10 heteroatoms. The van der Waals surface area contributed by atoms with Crippen LogP contribution in [0.4, 0.5) is 10.1 Å². The van der Waals surface area contributed by atoms with Crippen molar-refractivity contribution >= 4 is 21.7 Å². The Morgan fingerprint density at radius 3 is 2.59 bits per heavy atom. The maximum absolute atomic E-state index is 13.5. The SMILES string of the molecule is CN=C(NCCS(=O)(=O)Nc1ccc(C)c(F)c1)NCc1nc(C)c(C)o1. The van der Waals surface area contributed by atoms with E-state index in [9.17, 15) is 12.8 Å². The van der Waals surface area contributed by atoms with E-state index in [-0.39, 0.29) is 18.0 Å². The third-order valence-corrected chi connectivity index (χ3v) is 5.10. The molecule has 3 N–H and O–H groups in total. The standard InChI is InChI=1S/C17H24FN5O3S/c1-11-5-6-14(9-15(11)18)23-27(24,25)8-7-20-17(19-4)21-10-16-22-12(2)13(3)26-16/h5-6,9,23H,7-8,10H2,1-4H3,(H2,19,20,21). The molecule has 0 aliphatic rings. The molecule has 2 aromatic rings. The summed E-state index contributed by atoms with van der Waals surface area (Å²) < 4.78 is 45.6. The molecule has 1 aromatic carbocycles. The fourth-order valence-electron chi connectivity index (χ4n) is 2.19. The maximum atomic E-state index is 13.5. The summed E-state index contributed by atoms with van der Waals surface area (Å²) in [7, 11) is -2.06. The zero-order valence-electron chi connectivity index (χ0n) is 15.8. The molecule has 0 fully saturated rings. The van der Waals surface area contributed by atoms with Gasteiger partial charge in [-0.2, -0.15) is 0 Å². The van der Waals surface area contributed by atoms with Crippen LogP contribution in [0.2, 0.25) is 0 Å². The van der Waals surface area contributed by atoms with Gasteiger partial charge in [0.25, 0.3) is 0 Å². The van der Waals surface area contributed by atoms with Crippen molar-refractivity contribution in [3.63, 3.8) is 0 Å². The molecule has 1 aromatic heterocycles. The van der Waals surface area contributed by atoms with Crippen molar-refractivity contribution in [3.8, 4) is 0 Å². The average molecular weight is 397 g/mol. The van der Waals surface area contributed by atoms with Crippen molar-refractivity contribution < 1.29 is 17.2 Å². The number of sulfonamides is 1. The number of oxazole rings is 1. The number of anilines is 1. The van der Waals surface area contributed by atoms with Crippen molar-refractivity contribution in [3.05, 3.63) is 46.9 Å². The monoisotopic (exact) mass is 397 g/mol. The number of benzene rings is 1. The van der Waals surface area contributed by atoms with E-state index < -0.39 is 15.8 Å². The van der Waals surface area contributed by atoms with Crippen LogP contribution in [0.15, 0.2) is 27.6 Å². The molecule has 0 aliphatic carbocycles. The number of halogens is 1. The van der Waals surface area contributed by atoms with Crippen LogP contribution < -0.4 is 15.4 Å². The molecule has 0 atom stereocenters. The number of nitrogens with one attached hydrogen (secondary N) is 3. The van der Waals surface area contributed by atoms with Crippen LogP contribution in [-0.2, 0) is 16.6 Å². The highest BCUT2D eigenvalue weighted by Gasteiger charge is 2.12. The summed E-state index contributed by atoms with van der Waals surface area (Å²) in [4.78, 5) is 8.27. The molecular weight excluding hydrogens is 373 g/mol. The van der Waals surface area contributed by atoms with Crippen molar-refractivity contribution in [2.75, 3.05) is 24.1 Å². The van der Waals surface area contributed by atoms with Crippen LogP contribution in [0.25, 0.3) is 0 Å². The first kappa shape index (κ1) is 20.7. The quantitative estimate of drug-likeness (QED) is 0.486. The number of aryl methyl sites for hydroxylation is 3. The molecule has 0 bridgehead atoms. The van der Waals surface area contributed by atoms with E-state index in [1.165, 1.54) is 12.1 Å². The normalized spacial score (nSPS) is 12.1. The molecule has 27 heavy (non-hydrogen) atoms. The van der Waals surface area contributed by atoms with E-state index in [1.807, 2.05) is 13.8 Å². The van der Waals surface area contributed by atoms with Crippen molar-refractivity contribution in [2.45, 2.75) is 27.3 Å². The highest BCUT2D eigenvalue weighted by Crippen LogP contribution is 2.14. The van der Waals surface area contributed by atoms with Crippen molar-refractivity contribution in [1.82, 2.24) is 15.6 Å². The molecule has 2 rings (SSSR count). The molecule has 0 unspecified atom stereocenters. The lowest BCUT2D eigenvalue weighted by molar-refractivity contribution is 0.464. The van der Waals surface area contributed by atoms with E-state index in [0.717, 1.165) is 17.5 Å². The second kappa shape index (κ2) is 8.85. The highest BCUT2D eigenvalue weighted by atomic mass is 32.2. The fraction of sp³-hybridized carbons (Fsp3) is 0.412. The Morgan fingerprint density at radius 1 is 1.26 bits per heavy atom. The second-order valence-corrected chi connectivity index (χ2v) is 7.83. The van der Waals surface area contributed by atoms with Gasteiger partial charge in [-0.25, -0.2) is 17.8 Å². The Bertz CT molecular complexity index is 905. The number of aromatic nitrogens is 1. The number of nitrogens with zero attached hydrogens (tertiary/aromatic N) is 2. The lowest BCUT2D eigenvalue weighted by atomic mass is 10.2. The Hall–Kier alpha value is -2.62. The number of guanidine groups is 1. The molecule has 0 aliphatic heterocycles. The predicted molar refractivity (Wildman–Crippen MR) is 103 cm³/mol. The first-order chi connectivity index (χ1) is 12.7. The van der Waals surface area contributed by atoms with E-state index in [2.05, 4.69) is 25.3 Å². The lowest BCUT2D eigenvalue weighted by Crippen LogP contribution is -2.39. The summed E-state index contributed by atoms with van der Waals surface area (Å²) in [5, 5.41) is 5.89. The smallest absolute Gasteiger partial charge is 0.234 e. The molecule has 8 nitrogen and oxygen atoms in total. The number of hydrogen-bond acceptors (Lipinski definition) is 5. The summed E-state index contributed by atoms with van der Waals surface area (Å²) in [6.07, 6.45) is 0. The van der Waals surface area contributed by atoms with Gasteiger partial charge in [-0.1, -0.05) is 6.07 Å². The summed E-state index contributed by atoms with van der Waals surface area (Å²) in [5.41, 5.74) is 1.46. The van der Waals surface area contributed by atoms with Crippen LogP contribution in [0.1, 0.15) is 22.9 Å². The van der Waals surface area contributed by atoms with Gasteiger partial charge in [-0.05, 0) is 38.5 Å². The molecule has 0 radical (unpaired) electrons. The van der Waals surface area contributed by atoms with E-state index in [4.69, 9.17) is 4.42 Å². The van der Waals surface area contributed by atoms with Gasteiger partial charge in [0, 0.05) is 13.6 Å². The number of hydrogen-bond donors (Lipinski definition) is 3. The number of rotatable bonds is 7. The van der Waals surface area contributed by atoms with Gasteiger partial charge in [0.15, 0.2) is 5.96 Å². The topological polar surface area (TPSA) is 109 Å². The van der Waals surface area contributed by atoms with Gasteiger partial charge in [0.05, 0.1) is 23.7 Å². The largest absolute Gasteiger partial charge is 0.444 e. The van der Waals surface area contributed by atoms with E-state index >= 15 is 0 Å². The molecule has 0 spiro atoms. The second-order valence-electron chi connectivity index (χ2n) is 5.99. The summed E-state index contributed by atoms with van der Waals surface area (Å²) >= 11 is 0. The average Bonchev–Trinajstić information content (AvgIpc) is 2.92. The summed E-state index contributed by atoms with van der Waals surface area (Å²) in [6, 6.07) is 4.19. The van der Waals surface area contributed by atoms with E-state index in [0.29, 0.717) is 24.0 Å². The molecule has 0 amide bonds. The minimum Gasteiger partial charge on any atom is -0.444 e. The molecule has 0 saturated carbocycles. The maximum Gasteiger partial charge on any atom is 0.234 e. The van der Waals surface area contributed by atoms with Gasteiger partial charge in [0.1, 0.15) is 11.6 Å². The predicted octanol–water partition coefficient (Wildman–Crippen LogP) is 1.85. The van der Waals surface area contributed by atoms with Gasteiger partial charge in [-0.15, -0.1) is 0 Å². The van der Waals surface area contributed by atoms with Crippen LogP contribution >= 0.6 is 0 Å². The molecule has 148 valence electrons. The molecule has 1 heterocycles. The van der Waals surface area contributed by atoms with Gasteiger partial charge < -0.3 is 15.1 Å². The van der Waals surface area contributed by atoms with Crippen molar-refractivity contribution in [2.24, 2.45) is 4.99 Å². The van der Waals surface area contributed by atoms with Crippen LogP contribution in [0.3, 0.4) is 0 Å². The van der Waals surface area contributed by atoms with E-state index in [1.54, 1.807) is 14.0 Å². The van der Waals surface area contributed by atoms with Crippen LogP contribution in [0.5, 0.6) is 0 Å². The minimum absolute atomic E-state index is 0.118. The van der Waals surface area contributed by atoms with Crippen LogP contribution in [-0.4, -0.2) is 38.7 Å². The van der Waals surface area contributed by atoms with Gasteiger partial charge >= 0.3 is 0 Å². The minimum atomic E-state index is -3.63. The van der Waals surface area contributed by atoms with Gasteiger partial charge in [0.2, 0.25) is 15.9 Å². The zero-order chi connectivity index (χ0) is 20.0. The lowest BCUT2D eigenvalue weighted by Gasteiger charge is -2.12. The Labute approximate surface area is 158 Å². The first-order valence-corrected chi connectivity index (χ1v) is 9.99. The summed E-state index contributed by atoms with van der Waals surface area (Å²) in [6.45, 7) is 5.73. The summed E-state index contributed by atoms with van der Waals surface area (Å²) in [5.74, 6) is 1.01. The van der Waals surface area contributed by atoms with Gasteiger partial charge in [-0.3, -0.25) is 9.71 Å². The molecular formula is C17H24FN5O3S. The zero-order valence-corrected chi connectivity index (χ0v) is 16.6. The number of aliphatic imine (C=N–C) groups is 1. The molecule has 0 saturated heterocycles. The Kier molecular flexibility index (Phi) is 6.78. The van der Waals surface area contributed by atoms with Crippen molar-refractivity contribution in [1.29, 1.82) is 0 Å². The third-order valence-electron chi connectivity index (χ3n) is 3.81.